The monoisotopic (exact) mass is 625 g/mol. The van der Waals surface area contributed by atoms with Crippen LogP contribution in [0.15, 0.2) is 91.1 Å². The van der Waals surface area contributed by atoms with Gasteiger partial charge >= 0.3 is 0 Å². The molecule has 2 N–H and O–H groups in total. The summed E-state index contributed by atoms with van der Waals surface area (Å²) < 4.78 is 42.0. The molecular weight excluding hydrogens is 595 g/mol. The lowest BCUT2D eigenvalue weighted by molar-refractivity contribution is -0.114. The van der Waals surface area contributed by atoms with E-state index in [4.69, 9.17) is 5.73 Å². The molecule has 0 unspecified atom stereocenters. The molecule has 0 atom stereocenters. The fourth-order valence-electron chi connectivity index (χ4n) is 5.40. The zero-order valence-corrected chi connectivity index (χ0v) is 25.1. The molecule has 0 spiro atoms. The topological polar surface area (TPSA) is 76.3 Å². The fourth-order valence-corrected chi connectivity index (χ4v) is 6.57. The molecule has 6 rings (SSSR count). The summed E-state index contributed by atoms with van der Waals surface area (Å²) in [6.07, 6.45) is 5.16. The number of thiophene rings is 1. The molecule has 3 aromatic carbocycles. The number of nitrogens with zero attached hydrogens (tertiary/aromatic N) is 2. The number of rotatable bonds is 8. The summed E-state index contributed by atoms with van der Waals surface area (Å²) >= 11 is 1.61. The third-order valence-electron chi connectivity index (χ3n) is 7.96. The van der Waals surface area contributed by atoms with Gasteiger partial charge in [-0.25, -0.2) is 18.2 Å². The van der Waals surface area contributed by atoms with E-state index in [0.717, 1.165) is 42.8 Å². The van der Waals surface area contributed by atoms with Crippen LogP contribution >= 0.6 is 11.3 Å². The second-order valence-electron chi connectivity index (χ2n) is 11.2. The Labute approximate surface area is 262 Å². The van der Waals surface area contributed by atoms with Crippen LogP contribution in [0.3, 0.4) is 0 Å². The van der Waals surface area contributed by atoms with Gasteiger partial charge in [0.25, 0.3) is 11.8 Å². The number of amides is 1. The number of pyridine rings is 1. The summed E-state index contributed by atoms with van der Waals surface area (Å²) in [5, 5.41) is 0.997. The van der Waals surface area contributed by atoms with Crippen molar-refractivity contribution in [1.82, 2.24) is 9.88 Å². The van der Waals surface area contributed by atoms with Gasteiger partial charge in [0, 0.05) is 59.3 Å². The summed E-state index contributed by atoms with van der Waals surface area (Å²) in [6.45, 7) is 0.0709. The van der Waals surface area contributed by atoms with E-state index in [1.807, 2.05) is 18.2 Å². The van der Waals surface area contributed by atoms with Gasteiger partial charge in [-0.15, -0.1) is 11.3 Å². The number of aryl methyl sites for hydroxylation is 1. The Balaban J connectivity index is 1.24. The van der Waals surface area contributed by atoms with E-state index in [1.165, 1.54) is 17.0 Å². The molecule has 0 radical (unpaired) electrons. The molecule has 0 bridgehead atoms. The molecule has 5 aromatic rings. The number of benzene rings is 3. The quantitative estimate of drug-likeness (QED) is 0.176. The second-order valence-corrected chi connectivity index (χ2v) is 12.3. The lowest BCUT2D eigenvalue weighted by Gasteiger charge is -2.31. The van der Waals surface area contributed by atoms with Crippen LogP contribution < -0.4 is 5.73 Å². The fraction of sp³-hybridized carbons (Fsp3) is 0.194. The number of likely N-dealkylation sites (tertiary alicyclic amines) is 1. The summed E-state index contributed by atoms with van der Waals surface area (Å²) in [7, 11) is 0. The van der Waals surface area contributed by atoms with Gasteiger partial charge in [-0.2, -0.15) is 0 Å². The summed E-state index contributed by atoms with van der Waals surface area (Å²) in [5.74, 6) is -2.88. The minimum Gasteiger partial charge on any atom is -0.384 e. The first kappa shape index (κ1) is 30.3. The van der Waals surface area contributed by atoms with E-state index < -0.39 is 5.92 Å². The Kier molecular flexibility index (Phi) is 8.54. The summed E-state index contributed by atoms with van der Waals surface area (Å²) in [4.78, 5) is 32.1. The van der Waals surface area contributed by atoms with Gasteiger partial charge < -0.3 is 10.6 Å². The molecule has 45 heavy (non-hydrogen) atoms. The number of nitrogen functional groups attached to an aromatic ring is 1. The number of carbonyl (C=O) groups excluding carboxylic acids is 2. The molecule has 9 heteroatoms. The molecule has 2 aromatic heterocycles. The van der Waals surface area contributed by atoms with Gasteiger partial charge in [0.15, 0.2) is 5.78 Å². The van der Waals surface area contributed by atoms with Crippen LogP contribution in [0.5, 0.6) is 0 Å². The van der Waals surface area contributed by atoms with Crippen molar-refractivity contribution in [2.75, 3.05) is 18.8 Å². The maximum atomic E-state index is 13.8. The third kappa shape index (κ3) is 7.15. The maximum absolute atomic E-state index is 13.8. The number of carbonyl (C=O) groups is 2. The van der Waals surface area contributed by atoms with Crippen molar-refractivity contribution in [2.24, 2.45) is 0 Å². The van der Waals surface area contributed by atoms with E-state index in [9.17, 15) is 22.8 Å². The van der Waals surface area contributed by atoms with Crippen LogP contribution in [-0.4, -0.2) is 40.6 Å². The number of ketones is 1. The van der Waals surface area contributed by atoms with Crippen LogP contribution in [0.25, 0.3) is 38.4 Å². The minimum atomic E-state index is -2.72. The number of fused-ring (bicyclic) bond motifs is 1. The Morgan fingerprint density at radius 3 is 2.31 bits per heavy atom. The smallest absolute Gasteiger partial charge is 0.253 e. The van der Waals surface area contributed by atoms with Crippen molar-refractivity contribution in [3.63, 3.8) is 0 Å². The van der Waals surface area contributed by atoms with Gasteiger partial charge in [0.05, 0.1) is 0 Å². The predicted molar refractivity (Wildman–Crippen MR) is 174 cm³/mol. The minimum absolute atomic E-state index is 0.00312. The Bertz CT molecular complexity index is 1870. The normalized spacial score (nSPS) is 14.7. The molecule has 1 fully saturated rings. The highest BCUT2D eigenvalue weighted by Gasteiger charge is 2.35. The first-order valence-electron chi connectivity index (χ1n) is 14.7. The Morgan fingerprint density at radius 2 is 1.62 bits per heavy atom. The van der Waals surface area contributed by atoms with E-state index in [-0.39, 0.29) is 43.4 Å². The van der Waals surface area contributed by atoms with Gasteiger partial charge in [-0.05, 0) is 101 Å². The molecule has 1 aliphatic heterocycles. The van der Waals surface area contributed by atoms with E-state index in [2.05, 4.69) is 17.1 Å². The molecule has 1 amide bonds. The van der Waals surface area contributed by atoms with Crippen molar-refractivity contribution >= 4 is 45.0 Å². The SMILES string of the molecule is Nc1ccc(/C=C/C(=O)CCc2cc3cc(-c4ccc(C(=O)N5CCC(F)(F)CC5)cc4)cc(-c4ccc(F)cc4)c3s2)cn1. The van der Waals surface area contributed by atoms with Gasteiger partial charge in [0.2, 0.25) is 0 Å². The van der Waals surface area contributed by atoms with Crippen molar-refractivity contribution in [1.29, 1.82) is 0 Å². The average molecular weight is 626 g/mol. The number of alkyl halides is 2. The summed E-state index contributed by atoms with van der Waals surface area (Å²) in [6, 6.07) is 23.2. The van der Waals surface area contributed by atoms with E-state index in [0.29, 0.717) is 24.2 Å². The van der Waals surface area contributed by atoms with E-state index in [1.54, 1.807) is 66.1 Å². The molecule has 1 saturated heterocycles. The first-order chi connectivity index (χ1) is 21.6. The highest BCUT2D eigenvalue weighted by Crippen LogP contribution is 2.39. The molecule has 1 aliphatic rings. The first-order valence-corrected chi connectivity index (χ1v) is 15.5. The molecular formula is C36H30F3N3O2S. The number of allylic oxidation sites excluding steroid dienone is 1. The average Bonchev–Trinajstić information content (AvgIpc) is 3.46. The van der Waals surface area contributed by atoms with Crippen LogP contribution in [0.2, 0.25) is 0 Å². The molecule has 228 valence electrons. The lowest BCUT2D eigenvalue weighted by Crippen LogP contribution is -2.42. The highest BCUT2D eigenvalue weighted by atomic mass is 32.1. The zero-order valence-electron chi connectivity index (χ0n) is 24.3. The highest BCUT2D eigenvalue weighted by molar-refractivity contribution is 7.19. The standard InChI is InChI=1S/C36H30F3N3O2S/c37-29-9-7-25(8-10-29)32-21-27(24-3-5-26(6-4-24)35(44)42-17-15-36(38,39)16-18-42)19-28-20-31(45-34(28)32)13-12-30(43)11-1-23-2-14-33(40)41-22-23/h1-11,14,19-22H,12-13,15-18H2,(H2,40,41)/b11-1+. The predicted octanol–water partition coefficient (Wildman–Crippen LogP) is 8.44. The van der Waals surface area contributed by atoms with Crippen LogP contribution in [0.4, 0.5) is 19.0 Å². The molecule has 0 saturated carbocycles. The number of piperidine rings is 1. The van der Waals surface area contributed by atoms with Crippen LogP contribution in [0, 0.1) is 5.82 Å². The maximum Gasteiger partial charge on any atom is 0.253 e. The van der Waals surface area contributed by atoms with Gasteiger partial charge in [0.1, 0.15) is 11.6 Å². The van der Waals surface area contributed by atoms with Crippen LogP contribution in [-0.2, 0) is 11.2 Å². The van der Waals surface area contributed by atoms with Gasteiger partial charge in [-0.1, -0.05) is 24.3 Å². The Hall–Kier alpha value is -4.76. The van der Waals surface area contributed by atoms with Crippen molar-refractivity contribution in [3.05, 3.63) is 113 Å². The number of anilines is 1. The van der Waals surface area contributed by atoms with Crippen molar-refractivity contribution in [3.8, 4) is 22.3 Å². The summed E-state index contributed by atoms with van der Waals surface area (Å²) in [5.41, 5.74) is 10.5. The number of nitrogens with two attached hydrogens (primary N) is 1. The number of aromatic nitrogens is 1. The van der Waals surface area contributed by atoms with Crippen molar-refractivity contribution in [2.45, 2.75) is 31.6 Å². The van der Waals surface area contributed by atoms with Crippen molar-refractivity contribution < 1.29 is 22.8 Å². The van der Waals surface area contributed by atoms with Crippen LogP contribution in [0.1, 0.15) is 40.1 Å². The third-order valence-corrected chi connectivity index (χ3v) is 9.20. The second kappa shape index (κ2) is 12.7. The zero-order chi connectivity index (χ0) is 31.6. The van der Waals surface area contributed by atoms with Gasteiger partial charge in [-0.3, -0.25) is 9.59 Å². The largest absolute Gasteiger partial charge is 0.384 e. The molecule has 0 aliphatic carbocycles. The molecule has 5 nitrogen and oxygen atoms in total. The van der Waals surface area contributed by atoms with E-state index >= 15 is 0 Å². The molecule has 3 heterocycles. The number of halogens is 3. The lowest BCUT2D eigenvalue weighted by atomic mass is 9.96. The Morgan fingerprint density at radius 1 is 0.911 bits per heavy atom. The number of hydrogen-bond donors (Lipinski definition) is 1. The number of hydrogen-bond acceptors (Lipinski definition) is 5.